The van der Waals surface area contributed by atoms with Gasteiger partial charge in [-0.3, -0.25) is 4.79 Å². The summed E-state index contributed by atoms with van der Waals surface area (Å²) >= 11 is 0. The maximum absolute atomic E-state index is 12.2. The van der Waals surface area contributed by atoms with E-state index in [0.29, 0.717) is 5.78 Å². The molecular weight excluding hydrogens is 236 g/mol. The van der Waals surface area contributed by atoms with E-state index in [0.717, 1.165) is 38.0 Å². The molecule has 0 bridgehead atoms. The molecule has 0 aromatic carbocycles. The van der Waals surface area contributed by atoms with E-state index >= 15 is 0 Å². The summed E-state index contributed by atoms with van der Waals surface area (Å²) in [5.74, 6) is 1.30. The van der Waals surface area contributed by atoms with Gasteiger partial charge in [-0.15, -0.1) is 0 Å². The fourth-order valence-electron chi connectivity index (χ4n) is 3.27. The van der Waals surface area contributed by atoms with Crippen molar-refractivity contribution in [2.75, 3.05) is 6.61 Å². The average Bonchev–Trinajstić information content (AvgIpc) is 2.75. The first-order valence-electron chi connectivity index (χ1n) is 8.22. The quantitative estimate of drug-likeness (QED) is 0.590. The third kappa shape index (κ3) is 4.09. The molecule has 2 aliphatic rings. The predicted octanol–water partition coefficient (Wildman–Crippen LogP) is 4.78. The van der Waals surface area contributed by atoms with E-state index in [-0.39, 0.29) is 5.92 Å². The molecule has 0 unspecified atom stereocenters. The number of unbranched alkanes of at least 4 members (excludes halogenated alkanes) is 6. The summed E-state index contributed by atoms with van der Waals surface area (Å²) in [4.78, 5) is 12.2. The zero-order valence-electron chi connectivity index (χ0n) is 12.4. The number of carbonyl (C=O) groups is 1. The smallest absolute Gasteiger partial charge is 0.200 e. The minimum absolute atomic E-state index is 0.249. The van der Waals surface area contributed by atoms with Crippen LogP contribution in [-0.4, -0.2) is 12.4 Å². The minimum atomic E-state index is 0.249. The van der Waals surface area contributed by atoms with E-state index in [1.165, 1.54) is 50.5 Å². The van der Waals surface area contributed by atoms with Crippen molar-refractivity contribution < 1.29 is 9.53 Å². The Morgan fingerprint density at radius 2 is 1.84 bits per heavy atom. The first kappa shape index (κ1) is 14.6. The SMILES string of the molecule is CCCCCCCCC[C@H]1CC2=C(OCCC2)C1=O. The lowest BCUT2D eigenvalue weighted by atomic mass is 9.95. The van der Waals surface area contributed by atoms with E-state index < -0.39 is 0 Å². The molecule has 0 N–H and O–H groups in total. The highest BCUT2D eigenvalue weighted by molar-refractivity contribution is 5.98. The maximum Gasteiger partial charge on any atom is 0.200 e. The zero-order valence-corrected chi connectivity index (χ0v) is 12.4. The zero-order chi connectivity index (χ0) is 13.5. The van der Waals surface area contributed by atoms with E-state index in [1.54, 1.807) is 0 Å². The Kier molecular flexibility index (Phi) is 5.93. The van der Waals surface area contributed by atoms with Gasteiger partial charge < -0.3 is 4.74 Å². The lowest BCUT2D eigenvalue weighted by molar-refractivity contribution is -0.121. The van der Waals surface area contributed by atoms with Gasteiger partial charge in [-0.1, -0.05) is 51.9 Å². The van der Waals surface area contributed by atoms with Crippen LogP contribution in [0.25, 0.3) is 0 Å². The van der Waals surface area contributed by atoms with Crippen LogP contribution in [0.4, 0.5) is 0 Å². The molecule has 0 fully saturated rings. The van der Waals surface area contributed by atoms with Gasteiger partial charge in [-0.25, -0.2) is 0 Å². The lowest BCUT2D eigenvalue weighted by Crippen LogP contribution is -2.13. The summed E-state index contributed by atoms with van der Waals surface area (Å²) in [7, 11) is 0. The molecule has 0 radical (unpaired) electrons. The Morgan fingerprint density at radius 1 is 1.11 bits per heavy atom. The predicted molar refractivity (Wildman–Crippen MR) is 77.9 cm³/mol. The average molecular weight is 264 g/mol. The minimum Gasteiger partial charge on any atom is -0.490 e. The van der Waals surface area contributed by atoms with Crippen molar-refractivity contribution in [3.63, 3.8) is 0 Å². The van der Waals surface area contributed by atoms with Crippen molar-refractivity contribution in [2.24, 2.45) is 5.92 Å². The third-order valence-corrected chi connectivity index (χ3v) is 4.43. The Hall–Kier alpha value is -0.790. The van der Waals surface area contributed by atoms with Gasteiger partial charge >= 0.3 is 0 Å². The largest absolute Gasteiger partial charge is 0.490 e. The second-order valence-electron chi connectivity index (χ2n) is 6.06. The van der Waals surface area contributed by atoms with Crippen LogP contribution in [0.5, 0.6) is 0 Å². The fraction of sp³-hybridized carbons (Fsp3) is 0.824. The molecule has 19 heavy (non-hydrogen) atoms. The van der Waals surface area contributed by atoms with Crippen molar-refractivity contribution >= 4 is 5.78 Å². The molecule has 0 saturated carbocycles. The van der Waals surface area contributed by atoms with Gasteiger partial charge in [0.25, 0.3) is 0 Å². The Labute approximate surface area is 117 Å². The van der Waals surface area contributed by atoms with Crippen LogP contribution in [0.2, 0.25) is 0 Å². The number of allylic oxidation sites excluding steroid dienone is 2. The molecule has 0 saturated heterocycles. The van der Waals surface area contributed by atoms with Gasteiger partial charge in [0.2, 0.25) is 5.78 Å². The lowest BCUT2D eigenvalue weighted by Gasteiger charge is -2.13. The standard InChI is InChI=1S/C17H28O2/c1-2-3-4-5-6-7-8-10-14-13-15-11-9-12-19-17(15)16(14)18/h14H,2-13H2,1H3/t14-/m0/s1. The fourth-order valence-corrected chi connectivity index (χ4v) is 3.27. The van der Waals surface area contributed by atoms with Crippen molar-refractivity contribution in [3.8, 4) is 0 Å². The summed E-state index contributed by atoms with van der Waals surface area (Å²) in [6.07, 6.45) is 13.5. The van der Waals surface area contributed by atoms with Crippen molar-refractivity contribution in [1.29, 1.82) is 0 Å². The molecule has 2 heteroatoms. The van der Waals surface area contributed by atoms with Gasteiger partial charge in [0.1, 0.15) is 0 Å². The van der Waals surface area contributed by atoms with Crippen LogP contribution in [0.3, 0.4) is 0 Å². The summed E-state index contributed by atoms with van der Waals surface area (Å²) in [5, 5.41) is 0. The van der Waals surface area contributed by atoms with Crippen LogP contribution in [0.1, 0.15) is 77.6 Å². The van der Waals surface area contributed by atoms with E-state index in [2.05, 4.69) is 6.92 Å². The monoisotopic (exact) mass is 264 g/mol. The van der Waals surface area contributed by atoms with Crippen molar-refractivity contribution in [3.05, 3.63) is 11.3 Å². The second-order valence-corrected chi connectivity index (χ2v) is 6.06. The molecule has 1 atom stereocenters. The molecule has 1 heterocycles. The van der Waals surface area contributed by atoms with Crippen molar-refractivity contribution in [1.82, 2.24) is 0 Å². The maximum atomic E-state index is 12.2. The highest BCUT2D eigenvalue weighted by Gasteiger charge is 2.35. The van der Waals surface area contributed by atoms with E-state index in [4.69, 9.17) is 4.74 Å². The number of rotatable bonds is 8. The van der Waals surface area contributed by atoms with Crippen LogP contribution in [0.15, 0.2) is 11.3 Å². The van der Waals surface area contributed by atoms with Gasteiger partial charge in [0.15, 0.2) is 5.76 Å². The number of hydrogen-bond acceptors (Lipinski definition) is 2. The molecule has 2 nitrogen and oxygen atoms in total. The van der Waals surface area contributed by atoms with Crippen molar-refractivity contribution in [2.45, 2.75) is 77.6 Å². The topological polar surface area (TPSA) is 26.3 Å². The Balaban J connectivity index is 1.59. The molecule has 0 aromatic rings. The summed E-state index contributed by atoms with van der Waals surface area (Å²) in [6, 6.07) is 0. The molecular formula is C17H28O2. The number of Topliss-reactive ketones (excluding diaryl/α,β-unsaturated/α-hetero) is 1. The first-order chi connectivity index (χ1) is 9.33. The summed E-state index contributed by atoms with van der Waals surface area (Å²) in [5.41, 5.74) is 1.31. The third-order valence-electron chi connectivity index (χ3n) is 4.43. The molecule has 1 aliphatic heterocycles. The van der Waals surface area contributed by atoms with E-state index in [1.807, 2.05) is 0 Å². The molecule has 0 spiro atoms. The van der Waals surface area contributed by atoms with Crippen LogP contribution < -0.4 is 0 Å². The molecule has 2 rings (SSSR count). The summed E-state index contributed by atoms with van der Waals surface area (Å²) in [6.45, 7) is 3.00. The van der Waals surface area contributed by atoms with Crippen LogP contribution >= 0.6 is 0 Å². The van der Waals surface area contributed by atoms with Gasteiger partial charge in [0.05, 0.1) is 6.61 Å². The van der Waals surface area contributed by atoms with E-state index in [9.17, 15) is 4.79 Å². The number of ether oxygens (including phenoxy) is 1. The molecule has 0 amide bonds. The van der Waals surface area contributed by atoms with Gasteiger partial charge in [0, 0.05) is 5.92 Å². The second kappa shape index (κ2) is 7.72. The highest BCUT2D eigenvalue weighted by atomic mass is 16.5. The number of hydrogen-bond donors (Lipinski definition) is 0. The highest BCUT2D eigenvalue weighted by Crippen LogP contribution is 2.37. The molecule has 108 valence electrons. The normalized spacial score (nSPS) is 22.6. The first-order valence-corrected chi connectivity index (χ1v) is 8.22. The summed E-state index contributed by atoms with van der Waals surface area (Å²) < 4.78 is 5.55. The number of carbonyl (C=O) groups excluding carboxylic acids is 1. The van der Waals surface area contributed by atoms with Gasteiger partial charge in [-0.2, -0.15) is 0 Å². The Morgan fingerprint density at radius 3 is 2.58 bits per heavy atom. The molecule has 1 aliphatic carbocycles. The van der Waals surface area contributed by atoms with Crippen LogP contribution in [-0.2, 0) is 9.53 Å². The Bertz CT molecular complexity index is 330. The molecule has 0 aromatic heterocycles. The van der Waals surface area contributed by atoms with Crippen LogP contribution in [0, 0.1) is 5.92 Å². The number of ketones is 1. The van der Waals surface area contributed by atoms with Gasteiger partial charge in [-0.05, 0) is 31.3 Å².